The highest BCUT2D eigenvalue weighted by Gasteiger charge is 2.01. The van der Waals surface area contributed by atoms with Crippen LogP contribution < -0.4 is 16.8 Å². The van der Waals surface area contributed by atoms with Crippen LogP contribution in [0.5, 0.6) is 0 Å². The fraction of sp³-hybridized carbons (Fsp3) is 0.857. The third-order valence-corrected chi connectivity index (χ3v) is 2.07. The minimum atomic E-state index is 0.168. The zero-order valence-corrected chi connectivity index (χ0v) is 8.35. The summed E-state index contributed by atoms with van der Waals surface area (Å²) in [4.78, 5) is 3.88. The van der Waals surface area contributed by atoms with Gasteiger partial charge in [-0.3, -0.25) is 4.99 Å². The monoisotopic (exact) mass is 190 g/mol. The van der Waals surface area contributed by atoms with Gasteiger partial charge < -0.3 is 16.8 Å². The van der Waals surface area contributed by atoms with Gasteiger partial charge in [0, 0.05) is 18.3 Å². The Kier molecular flexibility index (Phi) is 6.99. The van der Waals surface area contributed by atoms with Crippen molar-refractivity contribution in [1.29, 1.82) is 0 Å². The molecular weight excluding hydrogens is 172 g/mol. The van der Waals surface area contributed by atoms with Crippen LogP contribution in [0, 0.1) is 0 Å². The molecule has 0 radical (unpaired) electrons. The van der Waals surface area contributed by atoms with E-state index in [0.29, 0.717) is 12.6 Å². The maximum atomic E-state index is 5.17. The number of aliphatic imine (C=N–C) groups is 1. The van der Waals surface area contributed by atoms with Gasteiger partial charge in [-0.05, 0) is 19.9 Å². The van der Waals surface area contributed by atoms with Crippen molar-refractivity contribution in [3.05, 3.63) is 0 Å². The van der Waals surface area contributed by atoms with Crippen LogP contribution in [-0.2, 0) is 0 Å². The maximum Gasteiger partial charge on any atom is 0.185 e. The minimum Gasteiger partial charge on any atom is -0.370 e. The number of hydrogen-bond donors (Lipinski definition) is 4. The average Bonchev–Trinajstić information content (AvgIpc) is 2.04. The van der Waals surface area contributed by atoms with Crippen LogP contribution in [0.15, 0.2) is 4.99 Å². The van der Waals surface area contributed by atoms with E-state index in [1.165, 1.54) is 0 Å². The molecule has 0 saturated heterocycles. The van der Waals surface area contributed by atoms with Crippen molar-refractivity contribution in [3.63, 3.8) is 0 Å². The molecule has 0 fully saturated rings. The zero-order valence-electron chi connectivity index (χ0n) is 7.45. The lowest BCUT2D eigenvalue weighted by Gasteiger charge is -2.11. The summed E-state index contributed by atoms with van der Waals surface area (Å²) in [6.07, 6.45) is 2.04. The number of hydrogen-bond acceptors (Lipinski definition) is 3. The van der Waals surface area contributed by atoms with E-state index in [1.54, 1.807) is 0 Å². The van der Waals surface area contributed by atoms with E-state index in [4.69, 9.17) is 11.5 Å². The van der Waals surface area contributed by atoms with Crippen LogP contribution in [0.4, 0.5) is 0 Å². The highest BCUT2D eigenvalue weighted by molar-refractivity contribution is 7.80. The second-order valence-corrected chi connectivity index (χ2v) is 2.98. The number of nitrogens with one attached hydrogen (secondary N) is 1. The molecule has 72 valence electrons. The molecule has 0 saturated carbocycles. The number of nitrogens with two attached hydrogens (primary N) is 2. The molecule has 4 nitrogen and oxygen atoms in total. The lowest BCUT2D eigenvalue weighted by molar-refractivity contribution is 0.554. The Balaban J connectivity index is 3.35. The molecule has 0 spiro atoms. The van der Waals surface area contributed by atoms with Crippen LogP contribution >= 0.6 is 12.6 Å². The van der Waals surface area contributed by atoms with Gasteiger partial charge in [-0.15, -0.1) is 0 Å². The molecule has 0 aromatic rings. The van der Waals surface area contributed by atoms with Gasteiger partial charge in [0.25, 0.3) is 0 Å². The Morgan fingerprint density at radius 2 is 2.25 bits per heavy atom. The Morgan fingerprint density at radius 3 is 2.67 bits per heavy atom. The SMILES string of the molecule is CNC(CS)CCCN=C(N)N. The fourth-order valence-corrected chi connectivity index (χ4v) is 1.24. The van der Waals surface area contributed by atoms with E-state index in [9.17, 15) is 0 Å². The molecule has 12 heavy (non-hydrogen) atoms. The van der Waals surface area contributed by atoms with Crippen LogP contribution in [0.1, 0.15) is 12.8 Å². The van der Waals surface area contributed by atoms with E-state index in [-0.39, 0.29) is 5.96 Å². The number of guanidine groups is 1. The molecule has 0 bridgehead atoms. The Labute approximate surface area is 79.2 Å². The van der Waals surface area contributed by atoms with E-state index < -0.39 is 0 Å². The van der Waals surface area contributed by atoms with Crippen molar-refractivity contribution in [2.45, 2.75) is 18.9 Å². The molecule has 5 N–H and O–H groups in total. The molecule has 1 unspecified atom stereocenters. The van der Waals surface area contributed by atoms with Crippen LogP contribution in [0.3, 0.4) is 0 Å². The van der Waals surface area contributed by atoms with Crippen LogP contribution in [0.25, 0.3) is 0 Å². The number of rotatable bonds is 6. The first-order valence-corrected chi connectivity index (χ1v) is 4.67. The average molecular weight is 190 g/mol. The third-order valence-electron chi connectivity index (χ3n) is 1.63. The van der Waals surface area contributed by atoms with Crippen LogP contribution in [-0.4, -0.2) is 31.3 Å². The minimum absolute atomic E-state index is 0.168. The lowest BCUT2D eigenvalue weighted by Crippen LogP contribution is -2.27. The Bertz CT molecular complexity index is 129. The molecule has 0 rings (SSSR count). The molecule has 0 aliphatic rings. The van der Waals surface area contributed by atoms with E-state index in [0.717, 1.165) is 18.6 Å². The Morgan fingerprint density at radius 1 is 1.58 bits per heavy atom. The van der Waals surface area contributed by atoms with Gasteiger partial charge in [0.15, 0.2) is 5.96 Å². The maximum absolute atomic E-state index is 5.17. The fourth-order valence-electron chi connectivity index (χ4n) is 0.873. The van der Waals surface area contributed by atoms with Crippen molar-refractivity contribution in [1.82, 2.24) is 5.32 Å². The van der Waals surface area contributed by atoms with Gasteiger partial charge in [0.05, 0.1) is 0 Å². The van der Waals surface area contributed by atoms with Gasteiger partial charge >= 0.3 is 0 Å². The Hall–Kier alpha value is -0.420. The molecule has 0 amide bonds. The van der Waals surface area contributed by atoms with Gasteiger partial charge in [-0.1, -0.05) is 0 Å². The van der Waals surface area contributed by atoms with Crippen LogP contribution in [0.2, 0.25) is 0 Å². The van der Waals surface area contributed by atoms with Gasteiger partial charge in [0.2, 0.25) is 0 Å². The highest BCUT2D eigenvalue weighted by atomic mass is 32.1. The van der Waals surface area contributed by atoms with E-state index in [1.807, 2.05) is 7.05 Å². The van der Waals surface area contributed by atoms with Crippen molar-refractivity contribution in [3.8, 4) is 0 Å². The largest absolute Gasteiger partial charge is 0.370 e. The van der Waals surface area contributed by atoms with Gasteiger partial charge in [-0.2, -0.15) is 12.6 Å². The lowest BCUT2D eigenvalue weighted by atomic mass is 10.2. The standard InChI is InChI=1S/C7H18N4S/c1-10-6(5-12)3-2-4-11-7(8)9/h6,10,12H,2-5H2,1H3,(H4,8,9,11). The molecule has 0 aliphatic carbocycles. The summed E-state index contributed by atoms with van der Waals surface area (Å²) in [5.74, 6) is 1.01. The second kappa shape index (κ2) is 7.24. The number of nitrogens with zero attached hydrogens (tertiary/aromatic N) is 1. The van der Waals surface area contributed by atoms with Crippen molar-refractivity contribution in [2.24, 2.45) is 16.5 Å². The smallest absolute Gasteiger partial charge is 0.185 e. The molecule has 5 heteroatoms. The highest BCUT2D eigenvalue weighted by Crippen LogP contribution is 1.98. The first kappa shape index (κ1) is 11.6. The van der Waals surface area contributed by atoms with E-state index in [2.05, 4.69) is 22.9 Å². The van der Waals surface area contributed by atoms with Crippen molar-refractivity contribution in [2.75, 3.05) is 19.3 Å². The first-order chi connectivity index (χ1) is 5.70. The molecular formula is C7H18N4S. The quantitative estimate of drug-likeness (QED) is 0.198. The second-order valence-electron chi connectivity index (χ2n) is 2.62. The zero-order chi connectivity index (χ0) is 9.40. The summed E-state index contributed by atoms with van der Waals surface area (Å²) in [5.41, 5.74) is 10.3. The van der Waals surface area contributed by atoms with Crippen molar-refractivity contribution >= 4 is 18.6 Å². The predicted molar refractivity (Wildman–Crippen MR) is 56.6 cm³/mol. The molecule has 0 aliphatic heterocycles. The summed E-state index contributed by atoms with van der Waals surface area (Å²) in [5, 5.41) is 3.15. The summed E-state index contributed by atoms with van der Waals surface area (Å²) in [6, 6.07) is 0.461. The summed E-state index contributed by atoms with van der Waals surface area (Å²) in [6.45, 7) is 0.703. The first-order valence-electron chi connectivity index (χ1n) is 4.04. The predicted octanol–water partition coefficient (Wildman–Crippen LogP) is -0.442. The third kappa shape index (κ3) is 6.30. The topological polar surface area (TPSA) is 76.4 Å². The summed E-state index contributed by atoms with van der Waals surface area (Å²) < 4.78 is 0. The number of thiol groups is 1. The normalized spacial score (nSPS) is 12.5. The van der Waals surface area contributed by atoms with Gasteiger partial charge in [-0.25, -0.2) is 0 Å². The van der Waals surface area contributed by atoms with E-state index >= 15 is 0 Å². The molecule has 0 heterocycles. The molecule has 1 atom stereocenters. The summed E-state index contributed by atoms with van der Waals surface area (Å²) in [7, 11) is 1.93. The molecule has 0 aromatic carbocycles. The van der Waals surface area contributed by atoms with Crippen molar-refractivity contribution < 1.29 is 0 Å². The molecule has 0 aromatic heterocycles. The summed E-state index contributed by atoms with van der Waals surface area (Å²) >= 11 is 4.19. The van der Waals surface area contributed by atoms with Gasteiger partial charge in [0.1, 0.15) is 0 Å².